The SMILES string of the molecule is CCN[S+]([O-])c1cccc(N)c1. The van der Waals surface area contributed by atoms with Gasteiger partial charge in [0.2, 0.25) is 0 Å². The second-order valence-corrected chi connectivity index (χ2v) is 3.64. The molecule has 1 rings (SSSR count). The summed E-state index contributed by atoms with van der Waals surface area (Å²) in [6, 6.07) is 7.06. The lowest BCUT2D eigenvalue weighted by Gasteiger charge is -2.08. The van der Waals surface area contributed by atoms with Crippen molar-refractivity contribution in [2.45, 2.75) is 11.8 Å². The molecule has 0 aliphatic carbocycles. The van der Waals surface area contributed by atoms with E-state index in [4.69, 9.17) is 5.73 Å². The number of nitrogens with two attached hydrogens (primary N) is 1. The molecule has 1 aromatic rings. The van der Waals surface area contributed by atoms with E-state index in [9.17, 15) is 4.55 Å². The van der Waals surface area contributed by atoms with Gasteiger partial charge < -0.3 is 10.3 Å². The zero-order chi connectivity index (χ0) is 8.97. The highest BCUT2D eigenvalue weighted by molar-refractivity contribution is 7.89. The second-order valence-electron chi connectivity index (χ2n) is 2.34. The molecule has 1 unspecified atom stereocenters. The van der Waals surface area contributed by atoms with Crippen LogP contribution in [-0.4, -0.2) is 11.1 Å². The van der Waals surface area contributed by atoms with Gasteiger partial charge in [-0.2, -0.15) is 0 Å². The molecular weight excluding hydrogens is 172 g/mol. The van der Waals surface area contributed by atoms with Crippen molar-refractivity contribution in [1.82, 2.24) is 4.72 Å². The van der Waals surface area contributed by atoms with Gasteiger partial charge in [-0.3, -0.25) is 0 Å². The van der Waals surface area contributed by atoms with Gasteiger partial charge in [0.25, 0.3) is 0 Å². The summed E-state index contributed by atoms with van der Waals surface area (Å²) in [6.07, 6.45) is 0. The van der Waals surface area contributed by atoms with Crippen LogP contribution in [0.1, 0.15) is 6.92 Å². The van der Waals surface area contributed by atoms with Gasteiger partial charge in [-0.05, 0) is 19.1 Å². The molecule has 1 aromatic carbocycles. The van der Waals surface area contributed by atoms with Crippen LogP contribution in [0, 0.1) is 0 Å². The number of nitrogens with one attached hydrogen (secondary N) is 1. The lowest BCUT2D eigenvalue weighted by atomic mass is 10.3. The van der Waals surface area contributed by atoms with Crippen molar-refractivity contribution in [3.63, 3.8) is 0 Å². The van der Waals surface area contributed by atoms with Crippen molar-refractivity contribution >= 4 is 17.0 Å². The Kier molecular flexibility index (Phi) is 3.40. The predicted octanol–water partition coefficient (Wildman–Crippen LogP) is 0.901. The van der Waals surface area contributed by atoms with Gasteiger partial charge in [0.1, 0.15) is 0 Å². The quantitative estimate of drug-likeness (QED) is 0.542. The van der Waals surface area contributed by atoms with Crippen LogP contribution in [0.15, 0.2) is 29.2 Å². The smallest absolute Gasteiger partial charge is 0.175 e. The van der Waals surface area contributed by atoms with Crippen LogP contribution >= 0.6 is 0 Å². The fourth-order valence-electron chi connectivity index (χ4n) is 0.844. The fourth-order valence-corrected chi connectivity index (χ4v) is 1.72. The molecule has 12 heavy (non-hydrogen) atoms. The fraction of sp³-hybridized carbons (Fsp3) is 0.250. The molecule has 0 fully saturated rings. The molecule has 3 nitrogen and oxygen atoms in total. The molecule has 0 saturated heterocycles. The highest BCUT2D eigenvalue weighted by atomic mass is 32.2. The summed E-state index contributed by atoms with van der Waals surface area (Å²) in [4.78, 5) is 0.719. The lowest BCUT2D eigenvalue weighted by Crippen LogP contribution is -2.23. The van der Waals surface area contributed by atoms with E-state index in [1.807, 2.05) is 6.92 Å². The van der Waals surface area contributed by atoms with Gasteiger partial charge in [0, 0.05) is 18.3 Å². The normalized spacial score (nSPS) is 12.8. The van der Waals surface area contributed by atoms with E-state index in [0.29, 0.717) is 12.2 Å². The summed E-state index contributed by atoms with van der Waals surface area (Å²) >= 11 is -1.12. The standard InChI is InChI=1S/C8H12N2OS/c1-2-10-12(11)8-5-3-4-7(9)6-8/h3-6,10H,2,9H2,1H3. The third-order valence-corrected chi connectivity index (χ3v) is 2.58. The molecule has 66 valence electrons. The van der Waals surface area contributed by atoms with Gasteiger partial charge in [-0.25, -0.2) is 0 Å². The van der Waals surface area contributed by atoms with Crippen LogP contribution in [0.3, 0.4) is 0 Å². The maximum absolute atomic E-state index is 11.3. The zero-order valence-electron chi connectivity index (χ0n) is 6.91. The van der Waals surface area contributed by atoms with Gasteiger partial charge in [0.15, 0.2) is 4.90 Å². The Balaban J connectivity index is 2.73. The van der Waals surface area contributed by atoms with E-state index < -0.39 is 11.4 Å². The van der Waals surface area contributed by atoms with Gasteiger partial charge >= 0.3 is 0 Å². The Morgan fingerprint density at radius 3 is 2.92 bits per heavy atom. The maximum atomic E-state index is 11.3. The Morgan fingerprint density at radius 2 is 2.33 bits per heavy atom. The van der Waals surface area contributed by atoms with E-state index in [2.05, 4.69) is 4.72 Å². The van der Waals surface area contributed by atoms with Crippen LogP contribution in [0.2, 0.25) is 0 Å². The first-order valence-electron chi connectivity index (χ1n) is 3.75. The molecule has 0 aromatic heterocycles. The van der Waals surface area contributed by atoms with E-state index in [0.717, 1.165) is 4.90 Å². The molecule has 0 bridgehead atoms. The molecular formula is C8H12N2OS. The number of hydrogen-bond acceptors (Lipinski definition) is 3. The summed E-state index contributed by atoms with van der Waals surface area (Å²) < 4.78 is 14.1. The molecule has 4 heteroatoms. The molecule has 0 spiro atoms. The molecule has 0 saturated carbocycles. The van der Waals surface area contributed by atoms with E-state index in [-0.39, 0.29) is 0 Å². The number of nitrogen functional groups attached to an aromatic ring is 1. The van der Waals surface area contributed by atoms with Crippen LogP contribution < -0.4 is 10.5 Å². The second kappa shape index (κ2) is 4.35. The van der Waals surface area contributed by atoms with Crippen molar-refractivity contribution in [3.05, 3.63) is 24.3 Å². The monoisotopic (exact) mass is 184 g/mol. The average molecular weight is 184 g/mol. The first kappa shape index (κ1) is 9.38. The lowest BCUT2D eigenvalue weighted by molar-refractivity contribution is 0.583. The highest BCUT2D eigenvalue weighted by Crippen LogP contribution is 2.11. The summed E-state index contributed by atoms with van der Waals surface area (Å²) in [5.74, 6) is 0. The molecule has 0 amide bonds. The van der Waals surface area contributed by atoms with Gasteiger partial charge in [-0.1, -0.05) is 6.07 Å². The molecule has 0 aliphatic rings. The van der Waals surface area contributed by atoms with Crippen molar-refractivity contribution in [2.75, 3.05) is 12.3 Å². The van der Waals surface area contributed by atoms with E-state index in [1.165, 1.54) is 0 Å². The minimum atomic E-state index is -1.12. The van der Waals surface area contributed by atoms with Gasteiger partial charge in [0.05, 0.1) is 11.4 Å². The van der Waals surface area contributed by atoms with Crippen molar-refractivity contribution in [3.8, 4) is 0 Å². The van der Waals surface area contributed by atoms with Crippen molar-refractivity contribution in [2.24, 2.45) is 0 Å². The third kappa shape index (κ3) is 2.41. The maximum Gasteiger partial charge on any atom is 0.175 e. The van der Waals surface area contributed by atoms with E-state index >= 15 is 0 Å². The van der Waals surface area contributed by atoms with Crippen LogP contribution in [0.25, 0.3) is 0 Å². The van der Waals surface area contributed by atoms with Gasteiger partial charge in [-0.15, -0.1) is 4.72 Å². The molecule has 1 atom stereocenters. The number of anilines is 1. The molecule has 0 aliphatic heterocycles. The summed E-state index contributed by atoms with van der Waals surface area (Å²) in [5, 5.41) is 0. The first-order valence-corrected chi connectivity index (χ1v) is 4.90. The van der Waals surface area contributed by atoms with E-state index in [1.54, 1.807) is 24.3 Å². The largest absolute Gasteiger partial charge is 0.593 e. The topological polar surface area (TPSA) is 61.1 Å². The molecule has 3 N–H and O–H groups in total. The Hall–Kier alpha value is -0.710. The summed E-state index contributed by atoms with van der Waals surface area (Å²) in [7, 11) is 0. The van der Waals surface area contributed by atoms with Crippen LogP contribution in [0.5, 0.6) is 0 Å². The van der Waals surface area contributed by atoms with Crippen molar-refractivity contribution < 1.29 is 4.55 Å². The highest BCUT2D eigenvalue weighted by Gasteiger charge is 2.08. The average Bonchev–Trinajstić information content (AvgIpc) is 2.05. The Labute approximate surface area is 75.3 Å². The molecule has 0 heterocycles. The number of benzene rings is 1. The Morgan fingerprint density at radius 1 is 1.58 bits per heavy atom. The van der Waals surface area contributed by atoms with Crippen molar-refractivity contribution in [1.29, 1.82) is 0 Å². The minimum Gasteiger partial charge on any atom is -0.593 e. The third-order valence-electron chi connectivity index (χ3n) is 1.35. The predicted molar refractivity (Wildman–Crippen MR) is 50.9 cm³/mol. The first-order chi connectivity index (χ1) is 5.74. The Bertz CT molecular complexity index is 255. The number of hydrogen-bond donors (Lipinski definition) is 2. The summed E-state index contributed by atoms with van der Waals surface area (Å²) in [6.45, 7) is 2.59. The minimum absolute atomic E-state index is 0.638. The molecule has 0 radical (unpaired) electrons. The summed E-state index contributed by atoms with van der Waals surface area (Å²) in [5.41, 5.74) is 6.17. The van der Waals surface area contributed by atoms with Crippen LogP contribution in [-0.2, 0) is 11.4 Å². The zero-order valence-corrected chi connectivity index (χ0v) is 7.73. The number of rotatable bonds is 3. The van der Waals surface area contributed by atoms with Crippen LogP contribution in [0.4, 0.5) is 5.69 Å².